The summed E-state index contributed by atoms with van der Waals surface area (Å²) in [4.78, 5) is 27.6. The van der Waals surface area contributed by atoms with E-state index < -0.39 is 0 Å². The van der Waals surface area contributed by atoms with Gasteiger partial charge in [-0.05, 0) is 29.9 Å². The molecule has 2 amide bonds. The first kappa shape index (κ1) is 14.3. The van der Waals surface area contributed by atoms with Crippen molar-refractivity contribution in [2.24, 2.45) is 5.10 Å². The van der Waals surface area contributed by atoms with E-state index in [0.29, 0.717) is 18.6 Å². The smallest absolute Gasteiger partial charge is 0.270 e. The lowest BCUT2D eigenvalue weighted by atomic mass is 9.96. The molecule has 2 aliphatic rings. The van der Waals surface area contributed by atoms with Crippen LogP contribution in [0.5, 0.6) is 0 Å². The molecule has 0 bridgehead atoms. The molecule has 1 atom stereocenters. The molecule has 3 rings (SSSR count). The van der Waals surface area contributed by atoms with Crippen LogP contribution in [-0.4, -0.2) is 41.0 Å². The van der Waals surface area contributed by atoms with E-state index in [0.717, 1.165) is 19.4 Å². The lowest BCUT2D eigenvalue weighted by Crippen LogP contribution is -2.45. The largest absolute Gasteiger partial charge is 0.330 e. The average molecular weight is 305 g/mol. The van der Waals surface area contributed by atoms with Gasteiger partial charge in [0.15, 0.2) is 0 Å². The average Bonchev–Trinajstić information content (AvgIpc) is 2.96. The molecule has 6 heteroatoms. The van der Waals surface area contributed by atoms with Crippen molar-refractivity contribution in [1.29, 1.82) is 0 Å². The molecule has 0 N–H and O–H groups in total. The molecular formula is C15H19N3O2S. The standard InChI is InChI=1S/C15H19N3O2S/c1-3-12-10-7-9-21-13(10)6-8-18(12)15(20)11-4-5-14(19)17(2)16-11/h7,9,12H,3-6,8H2,1-2H3/t12-/m1/s1. The molecule has 1 aromatic heterocycles. The molecule has 0 radical (unpaired) electrons. The molecule has 0 aliphatic carbocycles. The third kappa shape index (κ3) is 2.48. The summed E-state index contributed by atoms with van der Waals surface area (Å²) in [6.45, 7) is 2.84. The predicted molar refractivity (Wildman–Crippen MR) is 82.2 cm³/mol. The van der Waals surface area contributed by atoms with Gasteiger partial charge in [0.2, 0.25) is 5.91 Å². The van der Waals surface area contributed by atoms with Crippen molar-refractivity contribution in [3.8, 4) is 0 Å². The normalized spacial score (nSPS) is 22.1. The van der Waals surface area contributed by atoms with Gasteiger partial charge in [-0.15, -0.1) is 11.3 Å². The van der Waals surface area contributed by atoms with Gasteiger partial charge in [0.05, 0.1) is 6.04 Å². The van der Waals surface area contributed by atoms with Crippen LogP contribution in [0.4, 0.5) is 0 Å². The van der Waals surface area contributed by atoms with E-state index in [-0.39, 0.29) is 17.9 Å². The molecule has 3 heterocycles. The molecule has 21 heavy (non-hydrogen) atoms. The van der Waals surface area contributed by atoms with E-state index >= 15 is 0 Å². The first-order chi connectivity index (χ1) is 10.1. The quantitative estimate of drug-likeness (QED) is 0.841. The van der Waals surface area contributed by atoms with E-state index in [4.69, 9.17) is 0 Å². The summed E-state index contributed by atoms with van der Waals surface area (Å²) < 4.78 is 0. The number of fused-ring (bicyclic) bond motifs is 1. The summed E-state index contributed by atoms with van der Waals surface area (Å²) in [5, 5.41) is 7.55. The minimum Gasteiger partial charge on any atom is -0.330 e. The van der Waals surface area contributed by atoms with E-state index in [2.05, 4.69) is 23.5 Å². The van der Waals surface area contributed by atoms with Gasteiger partial charge in [0, 0.05) is 31.3 Å². The number of carbonyl (C=O) groups excluding carboxylic acids is 2. The summed E-state index contributed by atoms with van der Waals surface area (Å²) in [6.07, 6.45) is 2.63. The fourth-order valence-electron chi connectivity index (χ4n) is 3.07. The first-order valence-corrected chi connectivity index (χ1v) is 8.21. The van der Waals surface area contributed by atoms with Gasteiger partial charge in [0.1, 0.15) is 5.71 Å². The van der Waals surface area contributed by atoms with Gasteiger partial charge in [-0.25, -0.2) is 5.01 Å². The van der Waals surface area contributed by atoms with Gasteiger partial charge in [-0.3, -0.25) is 9.59 Å². The van der Waals surface area contributed by atoms with Crippen molar-refractivity contribution in [1.82, 2.24) is 9.91 Å². The van der Waals surface area contributed by atoms with Crippen LogP contribution in [0.15, 0.2) is 16.5 Å². The Morgan fingerprint density at radius 1 is 1.43 bits per heavy atom. The van der Waals surface area contributed by atoms with E-state index in [9.17, 15) is 9.59 Å². The van der Waals surface area contributed by atoms with Gasteiger partial charge >= 0.3 is 0 Å². The zero-order chi connectivity index (χ0) is 15.0. The van der Waals surface area contributed by atoms with Crippen molar-refractivity contribution < 1.29 is 9.59 Å². The fraction of sp³-hybridized carbons (Fsp3) is 0.533. The topological polar surface area (TPSA) is 53.0 Å². The lowest BCUT2D eigenvalue weighted by molar-refractivity contribution is -0.131. The molecule has 0 aromatic carbocycles. The van der Waals surface area contributed by atoms with Crippen LogP contribution in [0.25, 0.3) is 0 Å². The van der Waals surface area contributed by atoms with Crippen LogP contribution in [0, 0.1) is 0 Å². The first-order valence-electron chi connectivity index (χ1n) is 7.33. The second-order valence-electron chi connectivity index (χ2n) is 5.44. The summed E-state index contributed by atoms with van der Waals surface area (Å²) in [5.74, 6) is -0.0459. The molecule has 112 valence electrons. The van der Waals surface area contributed by atoms with Crippen LogP contribution in [0.2, 0.25) is 0 Å². The van der Waals surface area contributed by atoms with E-state index in [1.54, 1.807) is 18.4 Å². The Bertz CT molecular complexity index is 608. The Morgan fingerprint density at radius 2 is 2.24 bits per heavy atom. The molecule has 0 saturated heterocycles. The van der Waals surface area contributed by atoms with Gasteiger partial charge in [-0.1, -0.05) is 6.92 Å². The Kier molecular flexibility index (Phi) is 3.80. The molecule has 1 aromatic rings. The van der Waals surface area contributed by atoms with Crippen LogP contribution < -0.4 is 0 Å². The number of nitrogens with zero attached hydrogens (tertiary/aromatic N) is 3. The highest BCUT2D eigenvalue weighted by atomic mass is 32.1. The molecule has 0 spiro atoms. The van der Waals surface area contributed by atoms with Crippen molar-refractivity contribution in [3.05, 3.63) is 21.9 Å². The zero-order valence-corrected chi connectivity index (χ0v) is 13.2. The SMILES string of the molecule is CC[C@@H]1c2ccsc2CCN1C(=O)C1=NN(C)C(=O)CC1. The van der Waals surface area contributed by atoms with Crippen LogP contribution >= 0.6 is 11.3 Å². The van der Waals surface area contributed by atoms with E-state index in [1.165, 1.54) is 15.4 Å². The molecule has 0 unspecified atom stereocenters. The van der Waals surface area contributed by atoms with Gasteiger partial charge in [-0.2, -0.15) is 5.10 Å². The second-order valence-corrected chi connectivity index (χ2v) is 6.44. The van der Waals surface area contributed by atoms with Gasteiger partial charge in [0.25, 0.3) is 5.91 Å². The van der Waals surface area contributed by atoms with Crippen molar-refractivity contribution >= 4 is 28.9 Å². The van der Waals surface area contributed by atoms with Gasteiger partial charge < -0.3 is 4.90 Å². The van der Waals surface area contributed by atoms with Crippen LogP contribution in [0.1, 0.15) is 42.7 Å². The summed E-state index contributed by atoms with van der Waals surface area (Å²) in [6, 6.07) is 2.27. The summed E-state index contributed by atoms with van der Waals surface area (Å²) >= 11 is 1.77. The molecule has 0 saturated carbocycles. The predicted octanol–water partition coefficient (Wildman–Crippen LogP) is 2.19. The van der Waals surface area contributed by atoms with Crippen molar-refractivity contribution in [2.75, 3.05) is 13.6 Å². The third-order valence-electron chi connectivity index (χ3n) is 4.20. The minimum atomic E-state index is -0.0302. The summed E-state index contributed by atoms with van der Waals surface area (Å²) in [7, 11) is 1.61. The monoisotopic (exact) mass is 305 g/mol. The highest BCUT2D eigenvalue weighted by molar-refractivity contribution is 7.10. The Balaban J connectivity index is 1.85. The number of thiophene rings is 1. The Morgan fingerprint density at radius 3 is 2.95 bits per heavy atom. The maximum atomic E-state index is 12.8. The highest BCUT2D eigenvalue weighted by Crippen LogP contribution is 2.35. The Labute approximate surface area is 128 Å². The fourth-order valence-corrected chi connectivity index (χ4v) is 4.00. The van der Waals surface area contributed by atoms with Crippen molar-refractivity contribution in [2.45, 2.75) is 38.6 Å². The zero-order valence-electron chi connectivity index (χ0n) is 12.3. The summed E-state index contributed by atoms with van der Waals surface area (Å²) in [5.41, 5.74) is 1.79. The minimum absolute atomic E-state index is 0.0157. The van der Waals surface area contributed by atoms with E-state index in [1.807, 2.05) is 4.90 Å². The molecule has 2 aliphatic heterocycles. The number of hydrogen-bond acceptors (Lipinski definition) is 4. The number of rotatable bonds is 2. The molecule has 0 fully saturated rings. The third-order valence-corrected chi connectivity index (χ3v) is 5.19. The van der Waals surface area contributed by atoms with Crippen LogP contribution in [-0.2, 0) is 16.0 Å². The number of carbonyl (C=O) groups is 2. The molecule has 5 nitrogen and oxygen atoms in total. The number of hydrazone groups is 1. The van der Waals surface area contributed by atoms with Crippen molar-refractivity contribution in [3.63, 3.8) is 0 Å². The highest BCUT2D eigenvalue weighted by Gasteiger charge is 2.33. The number of amides is 2. The van der Waals surface area contributed by atoms with Crippen LogP contribution in [0.3, 0.4) is 0 Å². The second kappa shape index (κ2) is 5.60. The maximum absolute atomic E-state index is 12.8. The molecular weight excluding hydrogens is 286 g/mol. The maximum Gasteiger partial charge on any atom is 0.270 e. The Hall–Kier alpha value is -1.69. The lowest BCUT2D eigenvalue weighted by Gasteiger charge is -2.36. The number of hydrogen-bond donors (Lipinski definition) is 0.